The van der Waals surface area contributed by atoms with Gasteiger partial charge in [-0.25, -0.2) is 0 Å². The van der Waals surface area contributed by atoms with Crippen LogP contribution in [0.25, 0.3) is 0 Å². The summed E-state index contributed by atoms with van der Waals surface area (Å²) >= 11 is 3.76. The first-order valence-electron chi connectivity index (χ1n) is 7.91. The van der Waals surface area contributed by atoms with E-state index >= 15 is 0 Å². The summed E-state index contributed by atoms with van der Waals surface area (Å²) < 4.78 is 1.21. The lowest BCUT2D eigenvalue weighted by molar-refractivity contribution is 0.275. The van der Waals surface area contributed by atoms with Crippen LogP contribution >= 0.6 is 15.9 Å². The van der Waals surface area contributed by atoms with E-state index in [0.717, 1.165) is 32.7 Å². The van der Waals surface area contributed by atoms with Gasteiger partial charge in [0.1, 0.15) is 0 Å². The molecule has 0 amide bonds. The molecule has 0 radical (unpaired) electrons. The molecule has 0 aromatic heterocycles. The van der Waals surface area contributed by atoms with Crippen molar-refractivity contribution in [2.24, 2.45) is 5.92 Å². The fourth-order valence-electron chi connectivity index (χ4n) is 2.90. The molecular weight excluding hydrogens is 326 g/mol. The van der Waals surface area contributed by atoms with E-state index in [0.29, 0.717) is 12.0 Å². The third-order valence-electron chi connectivity index (χ3n) is 4.03. The lowest BCUT2D eigenvalue weighted by Gasteiger charge is -2.40. The van der Waals surface area contributed by atoms with Crippen LogP contribution in [0.5, 0.6) is 0 Å². The minimum absolute atomic E-state index is 0.560. The maximum Gasteiger partial charge on any atom is 0.0514 e. The first kappa shape index (κ1) is 16.8. The van der Waals surface area contributed by atoms with E-state index in [2.05, 4.69) is 77.1 Å². The molecule has 118 valence electrons. The first-order valence-corrected chi connectivity index (χ1v) is 8.71. The van der Waals surface area contributed by atoms with Gasteiger partial charge in [0.25, 0.3) is 0 Å². The van der Waals surface area contributed by atoms with E-state index in [1.54, 1.807) is 0 Å². The zero-order valence-electron chi connectivity index (χ0n) is 13.7. The number of piperazine rings is 1. The van der Waals surface area contributed by atoms with Gasteiger partial charge >= 0.3 is 0 Å². The lowest BCUT2D eigenvalue weighted by Crippen LogP contribution is -2.50. The highest BCUT2D eigenvalue weighted by molar-refractivity contribution is 9.10. The Balaban J connectivity index is 2.02. The molecule has 0 bridgehead atoms. The van der Waals surface area contributed by atoms with Gasteiger partial charge in [0.05, 0.1) is 5.69 Å². The van der Waals surface area contributed by atoms with Crippen molar-refractivity contribution in [1.29, 1.82) is 0 Å². The molecule has 1 fully saturated rings. The Morgan fingerprint density at radius 2 is 2.10 bits per heavy atom. The summed E-state index contributed by atoms with van der Waals surface area (Å²) in [7, 11) is 2.20. The summed E-state index contributed by atoms with van der Waals surface area (Å²) in [5, 5.41) is 3.50. The van der Waals surface area contributed by atoms with E-state index < -0.39 is 0 Å². The maximum atomic E-state index is 3.76. The van der Waals surface area contributed by atoms with Gasteiger partial charge in [-0.3, -0.25) is 0 Å². The van der Waals surface area contributed by atoms with Crippen LogP contribution in [0, 0.1) is 5.92 Å². The van der Waals surface area contributed by atoms with Gasteiger partial charge in [0.2, 0.25) is 0 Å². The Bertz CT molecular complexity index is 461. The SMILES string of the molecule is CC(C)CNCc1ccc(N2CCN(C)CC2C)c(Br)c1. The number of anilines is 1. The molecule has 1 aromatic carbocycles. The quantitative estimate of drug-likeness (QED) is 0.875. The second-order valence-corrected chi connectivity index (χ2v) is 7.47. The van der Waals surface area contributed by atoms with E-state index in [1.165, 1.54) is 15.7 Å². The highest BCUT2D eigenvalue weighted by Gasteiger charge is 2.23. The Morgan fingerprint density at radius 3 is 2.71 bits per heavy atom. The molecule has 21 heavy (non-hydrogen) atoms. The topological polar surface area (TPSA) is 18.5 Å². The van der Waals surface area contributed by atoms with Crippen LogP contribution in [0.2, 0.25) is 0 Å². The molecule has 4 heteroatoms. The second-order valence-electron chi connectivity index (χ2n) is 6.62. The average molecular weight is 354 g/mol. The molecule has 1 aliphatic rings. The van der Waals surface area contributed by atoms with Crippen molar-refractivity contribution in [3.05, 3.63) is 28.2 Å². The summed E-state index contributed by atoms with van der Waals surface area (Å²) in [5.41, 5.74) is 2.66. The van der Waals surface area contributed by atoms with Crippen molar-refractivity contribution in [1.82, 2.24) is 10.2 Å². The Kier molecular flexibility index (Phi) is 6.08. The molecule has 1 unspecified atom stereocenters. The Labute approximate surface area is 137 Å². The molecule has 2 rings (SSSR count). The van der Waals surface area contributed by atoms with E-state index in [9.17, 15) is 0 Å². The van der Waals surface area contributed by atoms with Gasteiger partial charge in [-0.15, -0.1) is 0 Å². The highest BCUT2D eigenvalue weighted by atomic mass is 79.9. The third-order valence-corrected chi connectivity index (χ3v) is 4.67. The fourth-order valence-corrected chi connectivity index (χ4v) is 3.55. The maximum absolute atomic E-state index is 3.76. The summed E-state index contributed by atoms with van der Waals surface area (Å²) in [6.45, 7) is 12.1. The molecule has 1 heterocycles. The van der Waals surface area contributed by atoms with Crippen molar-refractivity contribution in [3.8, 4) is 0 Å². The zero-order chi connectivity index (χ0) is 15.4. The van der Waals surface area contributed by atoms with Crippen LogP contribution in [-0.4, -0.2) is 44.2 Å². The standard InChI is InChI=1S/C17H28BrN3/c1-13(2)10-19-11-15-5-6-17(16(18)9-15)21-8-7-20(4)12-14(21)3/h5-6,9,13-14,19H,7-8,10-12H2,1-4H3. The molecule has 3 nitrogen and oxygen atoms in total. The van der Waals surface area contributed by atoms with Crippen molar-refractivity contribution in [2.75, 3.05) is 38.1 Å². The van der Waals surface area contributed by atoms with Crippen LogP contribution < -0.4 is 10.2 Å². The van der Waals surface area contributed by atoms with Gasteiger partial charge in [-0.1, -0.05) is 19.9 Å². The molecule has 0 saturated carbocycles. The number of nitrogens with one attached hydrogen (secondary N) is 1. The minimum atomic E-state index is 0.560. The van der Waals surface area contributed by atoms with Crippen LogP contribution in [-0.2, 0) is 6.54 Å². The van der Waals surface area contributed by atoms with Crippen LogP contribution in [0.3, 0.4) is 0 Å². The summed E-state index contributed by atoms with van der Waals surface area (Å²) in [4.78, 5) is 4.91. The van der Waals surface area contributed by atoms with Gasteiger partial charge in [0.15, 0.2) is 0 Å². The van der Waals surface area contributed by atoms with Crippen molar-refractivity contribution >= 4 is 21.6 Å². The van der Waals surface area contributed by atoms with Gasteiger partial charge in [0, 0.05) is 36.7 Å². The summed E-state index contributed by atoms with van der Waals surface area (Å²) in [6.07, 6.45) is 0. The van der Waals surface area contributed by atoms with Crippen molar-refractivity contribution in [3.63, 3.8) is 0 Å². The first-order chi connectivity index (χ1) is 9.97. The molecule has 1 saturated heterocycles. The van der Waals surface area contributed by atoms with Gasteiger partial charge in [-0.05, 0) is 60.1 Å². The predicted molar refractivity (Wildman–Crippen MR) is 95.0 cm³/mol. The van der Waals surface area contributed by atoms with Crippen LogP contribution in [0.4, 0.5) is 5.69 Å². The minimum Gasteiger partial charge on any atom is -0.365 e. The van der Waals surface area contributed by atoms with Gasteiger partial charge in [-0.2, -0.15) is 0 Å². The average Bonchev–Trinajstić information content (AvgIpc) is 2.39. The summed E-state index contributed by atoms with van der Waals surface area (Å²) in [6, 6.07) is 7.33. The third kappa shape index (κ3) is 4.70. The molecule has 1 aliphatic heterocycles. The van der Waals surface area contributed by atoms with Crippen LogP contribution in [0.15, 0.2) is 22.7 Å². The molecule has 0 spiro atoms. The molecule has 1 atom stereocenters. The Morgan fingerprint density at radius 1 is 1.33 bits per heavy atom. The van der Waals surface area contributed by atoms with Crippen molar-refractivity contribution in [2.45, 2.75) is 33.4 Å². The molecular formula is C17H28BrN3. The number of likely N-dealkylation sites (N-methyl/N-ethyl adjacent to an activating group) is 1. The zero-order valence-corrected chi connectivity index (χ0v) is 15.3. The normalized spacial score (nSPS) is 20.3. The van der Waals surface area contributed by atoms with E-state index in [-0.39, 0.29) is 0 Å². The van der Waals surface area contributed by atoms with Crippen molar-refractivity contribution < 1.29 is 0 Å². The highest BCUT2D eigenvalue weighted by Crippen LogP contribution is 2.30. The monoisotopic (exact) mass is 353 g/mol. The van der Waals surface area contributed by atoms with Crippen LogP contribution in [0.1, 0.15) is 26.3 Å². The largest absolute Gasteiger partial charge is 0.365 e. The lowest BCUT2D eigenvalue weighted by atomic mass is 10.1. The number of nitrogens with zero attached hydrogens (tertiary/aromatic N) is 2. The van der Waals surface area contributed by atoms with E-state index in [1.807, 2.05) is 0 Å². The number of halogens is 1. The summed E-state index contributed by atoms with van der Waals surface area (Å²) in [5.74, 6) is 0.693. The number of hydrogen-bond donors (Lipinski definition) is 1. The predicted octanol–water partition coefficient (Wildman–Crippen LogP) is 3.34. The van der Waals surface area contributed by atoms with Gasteiger partial charge < -0.3 is 15.1 Å². The molecule has 1 aromatic rings. The van der Waals surface area contributed by atoms with E-state index in [4.69, 9.17) is 0 Å². The fraction of sp³-hybridized carbons (Fsp3) is 0.647. The second kappa shape index (κ2) is 7.61. The smallest absolute Gasteiger partial charge is 0.0514 e. The Hall–Kier alpha value is -0.580. The number of hydrogen-bond acceptors (Lipinski definition) is 3. The number of benzene rings is 1. The number of rotatable bonds is 5. The molecule has 0 aliphatic carbocycles. The molecule has 1 N–H and O–H groups in total.